The first-order valence-corrected chi connectivity index (χ1v) is 11.1. The molecule has 0 saturated carbocycles. The van der Waals surface area contributed by atoms with Crippen LogP contribution in [0.2, 0.25) is 5.02 Å². The van der Waals surface area contributed by atoms with Crippen molar-refractivity contribution >= 4 is 38.9 Å². The van der Waals surface area contributed by atoms with Crippen molar-refractivity contribution in [1.82, 2.24) is 0 Å². The standard InChI is InChI=1S/C20H21ClN2O3S/c21-18-10-9-15(23-11-4-12-27(23,25)26)13-19(18)22-20(24)17-8-3-6-14-5-1-2-7-16(14)17/h1-2,5,7,9-10,13,17H,3-4,6,8,11-12H2,(H,22,24). The minimum Gasteiger partial charge on any atom is -0.324 e. The van der Waals surface area contributed by atoms with Crippen LogP contribution in [0.25, 0.3) is 0 Å². The monoisotopic (exact) mass is 404 g/mol. The van der Waals surface area contributed by atoms with E-state index < -0.39 is 10.0 Å². The molecule has 1 atom stereocenters. The van der Waals surface area contributed by atoms with Crippen LogP contribution < -0.4 is 9.62 Å². The van der Waals surface area contributed by atoms with Crippen molar-refractivity contribution in [3.8, 4) is 0 Å². The third kappa shape index (κ3) is 3.56. The molecule has 1 aliphatic heterocycles. The summed E-state index contributed by atoms with van der Waals surface area (Å²) in [5.74, 6) is -0.174. The van der Waals surface area contributed by atoms with E-state index in [1.807, 2.05) is 18.2 Å². The molecular weight excluding hydrogens is 384 g/mol. The Morgan fingerprint density at radius 2 is 1.96 bits per heavy atom. The number of aryl methyl sites for hydroxylation is 1. The predicted molar refractivity (Wildman–Crippen MR) is 108 cm³/mol. The largest absolute Gasteiger partial charge is 0.324 e. The Balaban J connectivity index is 1.60. The van der Waals surface area contributed by atoms with Crippen molar-refractivity contribution in [3.63, 3.8) is 0 Å². The van der Waals surface area contributed by atoms with Gasteiger partial charge in [-0.05, 0) is 55.0 Å². The van der Waals surface area contributed by atoms with E-state index in [-0.39, 0.29) is 17.6 Å². The van der Waals surface area contributed by atoms with Gasteiger partial charge in [0.1, 0.15) is 0 Å². The second-order valence-corrected chi connectivity index (χ2v) is 9.46. The smallest absolute Gasteiger partial charge is 0.235 e. The van der Waals surface area contributed by atoms with E-state index in [0.29, 0.717) is 29.4 Å². The van der Waals surface area contributed by atoms with Crippen molar-refractivity contribution in [2.45, 2.75) is 31.6 Å². The molecule has 5 nitrogen and oxygen atoms in total. The molecule has 1 heterocycles. The lowest BCUT2D eigenvalue weighted by atomic mass is 9.82. The molecule has 27 heavy (non-hydrogen) atoms. The maximum Gasteiger partial charge on any atom is 0.235 e. The molecular formula is C20H21ClN2O3S. The van der Waals surface area contributed by atoms with E-state index >= 15 is 0 Å². The van der Waals surface area contributed by atoms with Crippen molar-refractivity contribution in [1.29, 1.82) is 0 Å². The number of nitrogens with one attached hydrogen (secondary N) is 1. The second-order valence-electron chi connectivity index (χ2n) is 7.04. The molecule has 1 unspecified atom stereocenters. The summed E-state index contributed by atoms with van der Waals surface area (Å²) < 4.78 is 25.7. The Hall–Kier alpha value is -2.05. The molecule has 1 aliphatic carbocycles. The number of nitrogens with zero attached hydrogens (tertiary/aromatic N) is 1. The zero-order valence-corrected chi connectivity index (χ0v) is 16.4. The van der Waals surface area contributed by atoms with Crippen molar-refractivity contribution < 1.29 is 13.2 Å². The summed E-state index contributed by atoms with van der Waals surface area (Å²) in [5, 5.41) is 3.32. The van der Waals surface area contributed by atoms with Crippen LogP contribution in [-0.4, -0.2) is 26.6 Å². The molecule has 2 aliphatic rings. The molecule has 0 spiro atoms. The van der Waals surface area contributed by atoms with E-state index in [1.165, 1.54) is 9.87 Å². The summed E-state index contributed by atoms with van der Waals surface area (Å²) >= 11 is 6.27. The third-order valence-electron chi connectivity index (χ3n) is 5.28. The van der Waals surface area contributed by atoms with E-state index in [4.69, 9.17) is 11.6 Å². The number of rotatable bonds is 3. The number of fused-ring (bicyclic) bond motifs is 1. The van der Waals surface area contributed by atoms with E-state index in [2.05, 4.69) is 11.4 Å². The van der Waals surface area contributed by atoms with E-state index in [9.17, 15) is 13.2 Å². The van der Waals surface area contributed by atoms with Gasteiger partial charge in [-0.3, -0.25) is 9.10 Å². The van der Waals surface area contributed by atoms with E-state index in [1.54, 1.807) is 18.2 Å². The molecule has 1 fully saturated rings. The molecule has 0 radical (unpaired) electrons. The average molecular weight is 405 g/mol. The first-order valence-electron chi connectivity index (χ1n) is 9.14. The zero-order chi connectivity index (χ0) is 19.0. The fourth-order valence-corrected chi connectivity index (χ4v) is 5.66. The summed E-state index contributed by atoms with van der Waals surface area (Å²) in [6, 6.07) is 13.0. The van der Waals surface area contributed by atoms with Gasteiger partial charge in [0.25, 0.3) is 0 Å². The highest BCUT2D eigenvalue weighted by atomic mass is 35.5. The number of hydrogen-bond donors (Lipinski definition) is 1. The molecule has 1 N–H and O–H groups in total. The molecule has 4 rings (SSSR count). The van der Waals surface area contributed by atoms with Gasteiger partial charge >= 0.3 is 0 Å². The van der Waals surface area contributed by atoms with Crippen molar-refractivity contribution in [2.75, 3.05) is 21.9 Å². The summed E-state index contributed by atoms with van der Waals surface area (Å²) in [4.78, 5) is 12.9. The first-order chi connectivity index (χ1) is 13.0. The van der Waals surface area contributed by atoms with Crippen LogP contribution in [0.4, 0.5) is 11.4 Å². The minimum atomic E-state index is -3.28. The molecule has 0 aromatic heterocycles. The Labute approximate surface area is 164 Å². The van der Waals surface area contributed by atoms with Crippen LogP contribution in [0.15, 0.2) is 42.5 Å². The minimum absolute atomic E-state index is 0.106. The predicted octanol–water partition coefficient (Wildman–Crippen LogP) is 3.94. The molecule has 7 heteroatoms. The SMILES string of the molecule is O=C(Nc1cc(N2CCCS2(=O)=O)ccc1Cl)C1CCCc2ccccc21. The number of carbonyl (C=O) groups excluding carboxylic acids is 1. The Morgan fingerprint density at radius 1 is 1.15 bits per heavy atom. The van der Waals surface area contributed by atoms with Gasteiger partial charge in [-0.1, -0.05) is 35.9 Å². The zero-order valence-electron chi connectivity index (χ0n) is 14.8. The van der Waals surface area contributed by atoms with Gasteiger partial charge in [0.2, 0.25) is 15.9 Å². The van der Waals surface area contributed by atoms with Gasteiger partial charge in [0, 0.05) is 6.54 Å². The maximum absolute atomic E-state index is 12.9. The number of amides is 1. The van der Waals surface area contributed by atoms with Gasteiger partial charge in [0.15, 0.2) is 0 Å². The van der Waals surface area contributed by atoms with Crippen LogP contribution in [-0.2, 0) is 21.2 Å². The number of sulfonamides is 1. The van der Waals surface area contributed by atoms with Crippen molar-refractivity contribution in [2.24, 2.45) is 0 Å². The highest BCUT2D eigenvalue weighted by molar-refractivity contribution is 7.93. The molecule has 1 saturated heterocycles. The van der Waals surface area contributed by atoms with Gasteiger partial charge in [-0.25, -0.2) is 8.42 Å². The van der Waals surface area contributed by atoms with Gasteiger partial charge < -0.3 is 5.32 Å². The van der Waals surface area contributed by atoms with Crippen LogP contribution in [0.5, 0.6) is 0 Å². The van der Waals surface area contributed by atoms with Gasteiger partial charge in [-0.2, -0.15) is 0 Å². The molecule has 0 bridgehead atoms. The number of benzene rings is 2. The summed E-state index contributed by atoms with van der Waals surface area (Å²) in [6.45, 7) is 0.452. The third-order valence-corrected chi connectivity index (χ3v) is 7.48. The second kappa shape index (κ2) is 7.17. The lowest BCUT2D eigenvalue weighted by molar-refractivity contribution is -0.117. The Kier molecular flexibility index (Phi) is 4.86. The van der Waals surface area contributed by atoms with Crippen LogP contribution in [0, 0.1) is 0 Å². The Bertz CT molecular complexity index is 990. The highest BCUT2D eigenvalue weighted by Crippen LogP contribution is 2.35. The summed E-state index contributed by atoms with van der Waals surface area (Å²) in [5.41, 5.74) is 3.27. The number of carbonyl (C=O) groups is 1. The highest BCUT2D eigenvalue weighted by Gasteiger charge is 2.30. The van der Waals surface area contributed by atoms with Crippen LogP contribution in [0.1, 0.15) is 36.3 Å². The topological polar surface area (TPSA) is 66.5 Å². The normalized spacial score (nSPS) is 20.9. The van der Waals surface area contributed by atoms with E-state index in [0.717, 1.165) is 24.8 Å². The van der Waals surface area contributed by atoms with Crippen molar-refractivity contribution in [3.05, 3.63) is 58.6 Å². The first kappa shape index (κ1) is 18.3. The fraction of sp³-hybridized carbons (Fsp3) is 0.350. The van der Waals surface area contributed by atoms with Crippen LogP contribution in [0.3, 0.4) is 0 Å². The van der Waals surface area contributed by atoms with Crippen LogP contribution >= 0.6 is 11.6 Å². The summed E-state index contributed by atoms with van der Waals surface area (Å²) in [6.07, 6.45) is 3.35. The Morgan fingerprint density at radius 3 is 2.74 bits per heavy atom. The number of halogens is 1. The number of hydrogen-bond acceptors (Lipinski definition) is 3. The summed E-state index contributed by atoms with van der Waals surface area (Å²) in [7, 11) is -3.28. The quantitative estimate of drug-likeness (QED) is 0.842. The molecule has 2 aromatic rings. The average Bonchev–Trinajstić information content (AvgIpc) is 3.02. The molecule has 2 aromatic carbocycles. The molecule has 142 valence electrons. The fourth-order valence-electron chi connectivity index (χ4n) is 3.94. The molecule has 1 amide bonds. The lowest BCUT2D eigenvalue weighted by Gasteiger charge is -2.25. The lowest BCUT2D eigenvalue weighted by Crippen LogP contribution is -2.26. The maximum atomic E-state index is 12.9. The van der Waals surface area contributed by atoms with Gasteiger partial charge in [-0.15, -0.1) is 0 Å². The number of anilines is 2. The van der Waals surface area contributed by atoms with Gasteiger partial charge in [0.05, 0.1) is 28.1 Å².